The molecule has 1 aliphatic heterocycles. The van der Waals surface area contributed by atoms with Gasteiger partial charge in [-0.15, -0.1) is 0 Å². The summed E-state index contributed by atoms with van der Waals surface area (Å²) >= 11 is 0. The SMILES string of the molecule is O=C(O)CCCNC(=O)N1CCOC(c2cccc(O)c2)C1. The van der Waals surface area contributed by atoms with Crippen molar-refractivity contribution in [1.29, 1.82) is 0 Å². The van der Waals surface area contributed by atoms with Gasteiger partial charge in [0.05, 0.1) is 13.2 Å². The molecule has 22 heavy (non-hydrogen) atoms. The summed E-state index contributed by atoms with van der Waals surface area (Å²) in [5.41, 5.74) is 0.823. The molecule has 120 valence electrons. The zero-order valence-corrected chi connectivity index (χ0v) is 12.2. The first kappa shape index (κ1) is 16.1. The van der Waals surface area contributed by atoms with Crippen molar-refractivity contribution in [2.45, 2.75) is 18.9 Å². The fourth-order valence-electron chi connectivity index (χ4n) is 2.31. The average molecular weight is 308 g/mol. The molecule has 1 atom stereocenters. The lowest BCUT2D eigenvalue weighted by Gasteiger charge is -2.33. The van der Waals surface area contributed by atoms with E-state index in [-0.39, 0.29) is 24.3 Å². The van der Waals surface area contributed by atoms with Crippen LogP contribution in [0, 0.1) is 0 Å². The molecule has 0 radical (unpaired) electrons. The van der Waals surface area contributed by atoms with Gasteiger partial charge in [0.15, 0.2) is 0 Å². The Hall–Kier alpha value is -2.28. The second-order valence-electron chi connectivity index (χ2n) is 5.13. The predicted octanol–water partition coefficient (Wildman–Crippen LogP) is 1.34. The van der Waals surface area contributed by atoms with E-state index in [0.717, 1.165) is 5.56 Å². The summed E-state index contributed by atoms with van der Waals surface area (Å²) in [6, 6.07) is 6.56. The van der Waals surface area contributed by atoms with Gasteiger partial charge in [-0.05, 0) is 24.1 Å². The van der Waals surface area contributed by atoms with Crippen molar-refractivity contribution in [1.82, 2.24) is 10.2 Å². The van der Waals surface area contributed by atoms with Crippen molar-refractivity contribution < 1.29 is 24.5 Å². The number of morpholine rings is 1. The highest BCUT2D eigenvalue weighted by Crippen LogP contribution is 2.24. The molecule has 0 saturated carbocycles. The molecule has 1 heterocycles. The van der Waals surface area contributed by atoms with Gasteiger partial charge in [-0.25, -0.2) is 4.79 Å². The molecule has 7 heteroatoms. The number of phenolic OH excluding ortho intramolecular Hbond substituents is 1. The number of aliphatic carboxylic acids is 1. The summed E-state index contributed by atoms with van der Waals surface area (Å²) in [4.78, 5) is 24.1. The van der Waals surface area contributed by atoms with Gasteiger partial charge < -0.3 is 25.2 Å². The lowest BCUT2D eigenvalue weighted by atomic mass is 10.1. The molecule has 2 amide bonds. The van der Waals surface area contributed by atoms with Gasteiger partial charge in [-0.2, -0.15) is 0 Å². The lowest BCUT2D eigenvalue weighted by Crippen LogP contribution is -2.47. The molecule has 1 aromatic carbocycles. The Kier molecular flexibility index (Phi) is 5.60. The summed E-state index contributed by atoms with van der Waals surface area (Å²) < 4.78 is 5.65. The van der Waals surface area contributed by atoms with Crippen LogP contribution in [0.2, 0.25) is 0 Å². The molecule has 1 unspecified atom stereocenters. The van der Waals surface area contributed by atoms with Crippen LogP contribution in [0.4, 0.5) is 4.79 Å². The van der Waals surface area contributed by atoms with E-state index < -0.39 is 5.97 Å². The highest BCUT2D eigenvalue weighted by Gasteiger charge is 2.25. The van der Waals surface area contributed by atoms with Crippen LogP contribution >= 0.6 is 0 Å². The first-order chi connectivity index (χ1) is 10.6. The number of carbonyl (C=O) groups is 2. The van der Waals surface area contributed by atoms with Crippen LogP contribution < -0.4 is 5.32 Å². The van der Waals surface area contributed by atoms with Crippen molar-refractivity contribution >= 4 is 12.0 Å². The molecule has 1 saturated heterocycles. The van der Waals surface area contributed by atoms with Gasteiger partial charge in [0, 0.05) is 19.5 Å². The molecule has 3 N–H and O–H groups in total. The molecule has 7 nitrogen and oxygen atoms in total. The largest absolute Gasteiger partial charge is 0.508 e. The molecule has 1 fully saturated rings. The van der Waals surface area contributed by atoms with Crippen molar-refractivity contribution in [2.24, 2.45) is 0 Å². The van der Waals surface area contributed by atoms with E-state index in [2.05, 4.69) is 5.32 Å². The van der Waals surface area contributed by atoms with E-state index in [0.29, 0.717) is 32.7 Å². The van der Waals surface area contributed by atoms with Gasteiger partial charge in [0.2, 0.25) is 0 Å². The molecular weight excluding hydrogens is 288 g/mol. The van der Waals surface area contributed by atoms with Crippen LogP contribution in [0.25, 0.3) is 0 Å². The number of carbonyl (C=O) groups excluding carboxylic acids is 1. The van der Waals surface area contributed by atoms with Crippen LogP contribution in [0.5, 0.6) is 5.75 Å². The van der Waals surface area contributed by atoms with E-state index >= 15 is 0 Å². The molecule has 1 aromatic rings. The Morgan fingerprint density at radius 2 is 2.23 bits per heavy atom. The number of amides is 2. The third-order valence-electron chi connectivity index (χ3n) is 3.44. The first-order valence-corrected chi connectivity index (χ1v) is 7.21. The number of nitrogens with zero attached hydrogens (tertiary/aromatic N) is 1. The third-order valence-corrected chi connectivity index (χ3v) is 3.44. The monoisotopic (exact) mass is 308 g/mol. The lowest BCUT2D eigenvalue weighted by molar-refractivity contribution is -0.137. The molecule has 0 bridgehead atoms. The van der Waals surface area contributed by atoms with Crippen molar-refractivity contribution in [3.05, 3.63) is 29.8 Å². The number of carboxylic acids is 1. The molecule has 1 aliphatic rings. The Morgan fingerprint density at radius 3 is 2.95 bits per heavy atom. The minimum absolute atomic E-state index is 0.0370. The van der Waals surface area contributed by atoms with Crippen LogP contribution in [-0.2, 0) is 9.53 Å². The zero-order valence-electron chi connectivity index (χ0n) is 12.2. The summed E-state index contributed by atoms with van der Waals surface area (Å²) in [6.45, 7) is 1.64. The number of aromatic hydroxyl groups is 1. The minimum Gasteiger partial charge on any atom is -0.508 e. The van der Waals surface area contributed by atoms with E-state index in [4.69, 9.17) is 9.84 Å². The Bertz CT molecular complexity index is 534. The smallest absolute Gasteiger partial charge is 0.317 e. The number of phenols is 1. The van der Waals surface area contributed by atoms with Crippen LogP contribution in [-0.4, -0.2) is 53.4 Å². The van der Waals surface area contributed by atoms with Crippen LogP contribution in [0.1, 0.15) is 24.5 Å². The molecule has 0 aliphatic carbocycles. The van der Waals surface area contributed by atoms with Crippen molar-refractivity contribution in [3.8, 4) is 5.75 Å². The summed E-state index contributed by atoms with van der Waals surface area (Å²) in [6.07, 6.45) is 0.169. The summed E-state index contributed by atoms with van der Waals surface area (Å²) in [5, 5.41) is 20.8. The number of hydrogen-bond donors (Lipinski definition) is 3. The quantitative estimate of drug-likeness (QED) is 0.713. The fraction of sp³-hybridized carbons (Fsp3) is 0.467. The molecule has 2 rings (SSSR count). The standard InChI is InChI=1S/C15H20N2O5/c18-12-4-1-3-11(9-12)13-10-17(7-8-22-13)15(21)16-6-2-5-14(19)20/h1,3-4,9,13,18H,2,5-8,10H2,(H,16,21)(H,19,20). The Labute approximate surface area is 128 Å². The molecular formula is C15H20N2O5. The Morgan fingerprint density at radius 1 is 1.41 bits per heavy atom. The highest BCUT2D eigenvalue weighted by atomic mass is 16.5. The van der Waals surface area contributed by atoms with Crippen molar-refractivity contribution in [2.75, 3.05) is 26.2 Å². The number of carboxylic acid groups (broad SMARTS) is 1. The first-order valence-electron chi connectivity index (χ1n) is 7.21. The summed E-state index contributed by atoms with van der Waals surface area (Å²) in [5.74, 6) is -0.707. The topological polar surface area (TPSA) is 99.1 Å². The highest BCUT2D eigenvalue weighted by molar-refractivity contribution is 5.74. The number of benzene rings is 1. The van der Waals surface area contributed by atoms with Crippen LogP contribution in [0.15, 0.2) is 24.3 Å². The average Bonchev–Trinajstić information content (AvgIpc) is 2.51. The maximum Gasteiger partial charge on any atom is 0.317 e. The minimum atomic E-state index is -0.871. The number of rotatable bonds is 5. The second kappa shape index (κ2) is 7.65. The second-order valence-corrected chi connectivity index (χ2v) is 5.13. The van der Waals surface area contributed by atoms with Gasteiger partial charge in [-0.3, -0.25) is 4.79 Å². The number of urea groups is 1. The zero-order chi connectivity index (χ0) is 15.9. The molecule has 0 spiro atoms. The van der Waals surface area contributed by atoms with E-state index in [1.165, 1.54) is 0 Å². The van der Waals surface area contributed by atoms with Gasteiger partial charge in [0.1, 0.15) is 11.9 Å². The predicted molar refractivity (Wildman–Crippen MR) is 78.6 cm³/mol. The van der Waals surface area contributed by atoms with E-state index in [9.17, 15) is 14.7 Å². The van der Waals surface area contributed by atoms with E-state index in [1.807, 2.05) is 6.07 Å². The third kappa shape index (κ3) is 4.63. The Balaban J connectivity index is 1.84. The normalized spacial score (nSPS) is 18.0. The van der Waals surface area contributed by atoms with E-state index in [1.54, 1.807) is 23.1 Å². The molecule has 0 aromatic heterocycles. The maximum atomic E-state index is 12.0. The van der Waals surface area contributed by atoms with Gasteiger partial charge in [-0.1, -0.05) is 12.1 Å². The number of nitrogens with one attached hydrogen (secondary N) is 1. The fourth-order valence-corrected chi connectivity index (χ4v) is 2.31. The van der Waals surface area contributed by atoms with Gasteiger partial charge >= 0.3 is 12.0 Å². The number of hydrogen-bond acceptors (Lipinski definition) is 4. The maximum absolute atomic E-state index is 12.0. The van der Waals surface area contributed by atoms with Gasteiger partial charge in [0.25, 0.3) is 0 Å². The number of ether oxygens (including phenoxy) is 1. The van der Waals surface area contributed by atoms with Crippen molar-refractivity contribution in [3.63, 3.8) is 0 Å². The summed E-state index contributed by atoms with van der Waals surface area (Å²) in [7, 11) is 0. The van der Waals surface area contributed by atoms with Crippen LogP contribution in [0.3, 0.4) is 0 Å².